The molecule has 1 aliphatic heterocycles. The maximum atomic E-state index is 4.48. The highest BCUT2D eigenvalue weighted by molar-refractivity contribution is 5.97. The molecule has 4 heteroatoms. The van der Waals surface area contributed by atoms with Crippen molar-refractivity contribution in [1.82, 2.24) is 15.0 Å². The van der Waals surface area contributed by atoms with Crippen LogP contribution in [0.5, 0.6) is 0 Å². The van der Waals surface area contributed by atoms with Crippen LogP contribution in [0.2, 0.25) is 0 Å². The SMILES string of the molecule is c1ccc(-c2c[nH]c3c(N4CCCC4)ncnc23)cc1. The lowest BCUT2D eigenvalue weighted by molar-refractivity contribution is 0.937. The van der Waals surface area contributed by atoms with Crippen LogP contribution in [0.1, 0.15) is 12.8 Å². The van der Waals surface area contributed by atoms with Crippen LogP contribution in [0.3, 0.4) is 0 Å². The number of hydrogen-bond acceptors (Lipinski definition) is 3. The molecular weight excluding hydrogens is 248 g/mol. The minimum Gasteiger partial charge on any atom is -0.356 e. The zero-order valence-corrected chi connectivity index (χ0v) is 11.2. The molecule has 1 aliphatic rings. The maximum absolute atomic E-state index is 4.48. The van der Waals surface area contributed by atoms with Gasteiger partial charge in [-0.3, -0.25) is 0 Å². The van der Waals surface area contributed by atoms with Gasteiger partial charge >= 0.3 is 0 Å². The summed E-state index contributed by atoms with van der Waals surface area (Å²) in [5, 5.41) is 0. The molecule has 4 nitrogen and oxygen atoms in total. The van der Waals surface area contributed by atoms with Crippen molar-refractivity contribution in [2.75, 3.05) is 18.0 Å². The monoisotopic (exact) mass is 264 g/mol. The fourth-order valence-electron chi connectivity index (χ4n) is 2.93. The van der Waals surface area contributed by atoms with Crippen LogP contribution in [0.4, 0.5) is 5.82 Å². The molecule has 0 unspecified atom stereocenters. The first kappa shape index (κ1) is 11.5. The number of H-pyrrole nitrogens is 1. The second kappa shape index (κ2) is 4.63. The minimum atomic E-state index is 1.01. The van der Waals surface area contributed by atoms with E-state index in [2.05, 4.69) is 44.1 Å². The Hall–Kier alpha value is -2.36. The van der Waals surface area contributed by atoms with E-state index in [0.29, 0.717) is 0 Å². The molecule has 0 bridgehead atoms. The lowest BCUT2D eigenvalue weighted by Crippen LogP contribution is -2.19. The summed E-state index contributed by atoms with van der Waals surface area (Å²) in [5.74, 6) is 1.04. The van der Waals surface area contributed by atoms with E-state index >= 15 is 0 Å². The number of aromatic amines is 1. The van der Waals surface area contributed by atoms with E-state index in [0.717, 1.165) is 35.5 Å². The number of nitrogens with zero attached hydrogens (tertiary/aromatic N) is 3. The lowest BCUT2D eigenvalue weighted by Gasteiger charge is -2.16. The third kappa shape index (κ3) is 1.76. The molecule has 0 saturated carbocycles. The van der Waals surface area contributed by atoms with E-state index < -0.39 is 0 Å². The van der Waals surface area contributed by atoms with E-state index in [9.17, 15) is 0 Å². The van der Waals surface area contributed by atoms with Crippen molar-refractivity contribution in [2.45, 2.75) is 12.8 Å². The van der Waals surface area contributed by atoms with E-state index in [1.54, 1.807) is 6.33 Å². The first-order chi connectivity index (χ1) is 9.93. The molecule has 0 amide bonds. The fraction of sp³-hybridized carbons (Fsp3) is 0.250. The van der Waals surface area contributed by atoms with E-state index in [1.165, 1.54) is 18.4 Å². The number of fused-ring (bicyclic) bond motifs is 1. The Labute approximate surface area is 117 Å². The average Bonchev–Trinajstić information content (AvgIpc) is 3.17. The summed E-state index contributed by atoms with van der Waals surface area (Å²) >= 11 is 0. The average molecular weight is 264 g/mol. The Morgan fingerprint density at radius 2 is 1.80 bits per heavy atom. The van der Waals surface area contributed by atoms with Gasteiger partial charge in [0.15, 0.2) is 5.82 Å². The highest BCUT2D eigenvalue weighted by Crippen LogP contribution is 2.31. The number of anilines is 1. The first-order valence-corrected chi connectivity index (χ1v) is 7.06. The normalized spacial score (nSPS) is 15.1. The van der Waals surface area contributed by atoms with Crippen LogP contribution in [0.25, 0.3) is 22.2 Å². The first-order valence-electron chi connectivity index (χ1n) is 7.06. The van der Waals surface area contributed by atoms with Gasteiger partial charge in [-0.1, -0.05) is 30.3 Å². The zero-order chi connectivity index (χ0) is 13.4. The molecule has 1 N–H and O–H groups in total. The molecule has 3 aromatic rings. The number of aromatic nitrogens is 3. The third-order valence-corrected chi connectivity index (χ3v) is 3.93. The van der Waals surface area contributed by atoms with Gasteiger partial charge in [0.05, 0.1) is 0 Å². The lowest BCUT2D eigenvalue weighted by atomic mass is 10.1. The zero-order valence-electron chi connectivity index (χ0n) is 11.2. The smallest absolute Gasteiger partial charge is 0.156 e. The summed E-state index contributed by atoms with van der Waals surface area (Å²) in [6.45, 7) is 2.18. The Kier molecular flexibility index (Phi) is 2.66. The molecule has 20 heavy (non-hydrogen) atoms. The van der Waals surface area contributed by atoms with Crippen LogP contribution >= 0.6 is 0 Å². The van der Waals surface area contributed by atoms with Crippen molar-refractivity contribution < 1.29 is 0 Å². The van der Waals surface area contributed by atoms with Gasteiger partial charge in [0, 0.05) is 24.8 Å². The molecule has 2 aromatic heterocycles. The van der Waals surface area contributed by atoms with Crippen molar-refractivity contribution in [2.24, 2.45) is 0 Å². The Bertz CT molecular complexity index is 727. The van der Waals surface area contributed by atoms with Crippen LogP contribution < -0.4 is 4.90 Å². The molecule has 0 spiro atoms. The topological polar surface area (TPSA) is 44.8 Å². The highest BCUT2D eigenvalue weighted by Gasteiger charge is 2.18. The molecule has 0 atom stereocenters. The summed E-state index contributed by atoms with van der Waals surface area (Å²) in [5.41, 5.74) is 4.38. The van der Waals surface area contributed by atoms with Gasteiger partial charge in [-0.2, -0.15) is 0 Å². The van der Waals surface area contributed by atoms with Crippen molar-refractivity contribution in [3.05, 3.63) is 42.9 Å². The number of benzene rings is 1. The van der Waals surface area contributed by atoms with Gasteiger partial charge in [-0.25, -0.2) is 9.97 Å². The predicted molar refractivity (Wildman–Crippen MR) is 80.8 cm³/mol. The van der Waals surface area contributed by atoms with E-state index in [-0.39, 0.29) is 0 Å². The predicted octanol–water partition coefficient (Wildman–Crippen LogP) is 3.23. The Morgan fingerprint density at radius 1 is 1.00 bits per heavy atom. The van der Waals surface area contributed by atoms with Crippen molar-refractivity contribution in [3.8, 4) is 11.1 Å². The molecule has 4 rings (SSSR count). The molecule has 1 aromatic carbocycles. The second-order valence-electron chi connectivity index (χ2n) is 5.18. The quantitative estimate of drug-likeness (QED) is 0.773. The molecule has 0 radical (unpaired) electrons. The fourth-order valence-corrected chi connectivity index (χ4v) is 2.93. The summed E-state index contributed by atoms with van der Waals surface area (Å²) in [6, 6.07) is 10.4. The Morgan fingerprint density at radius 3 is 2.60 bits per heavy atom. The van der Waals surface area contributed by atoms with Gasteiger partial charge < -0.3 is 9.88 Å². The number of hydrogen-bond donors (Lipinski definition) is 1. The molecule has 100 valence electrons. The van der Waals surface area contributed by atoms with Crippen molar-refractivity contribution in [3.63, 3.8) is 0 Å². The molecular formula is C16H16N4. The van der Waals surface area contributed by atoms with Crippen LogP contribution in [0.15, 0.2) is 42.9 Å². The van der Waals surface area contributed by atoms with E-state index in [1.807, 2.05) is 12.3 Å². The van der Waals surface area contributed by atoms with Gasteiger partial charge in [0.25, 0.3) is 0 Å². The maximum Gasteiger partial charge on any atom is 0.156 e. The van der Waals surface area contributed by atoms with Gasteiger partial charge in [0.1, 0.15) is 17.4 Å². The summed E-state index contributed by atoms with van der Waals surface area (Å²) in [4.78, 5) is 14.7. The summed E-state index contributed by atoms with van der Waals surface area (Å²) in [7, 11) is 0. The van der Waals surface area contributed by atoms with Crippen LogP contribution in [0, 0.1) is 0 Å². The molecule has 0 aliphatic carbocycles. The van der Waals surface area contributed by atoms with Gasteiger partial charge in [0.2, 0.25) is 0 Å². The highest BCUT2D eigenvalue weighted by atomic mass is 15.2. The number of rotatable bonds is 2. The second-order valence-corrected chi connectivity index (χ2v) is 5.18. The molecule has 1 saturated heterocycles. The van der Waals surface area contributed by atoms with Gasteiger partial charge in [-0.05, 0) is 18.4 Å². The largest absolute Gasteiger partial charge is 0.356 e. The van der Waals surface area contributed by atoms with Crippen molar-refractivity contribution in [1.29, 1.82) is 0 Å². The van der Waals surface area contributed by atoms with Crippen LogP contribution in [-0.2, 0) is 0 Å². The Balaban J connectivity index is 1.88. The van der Waals surface area contributed by atoms with Gasteiger partial charge in [-0.15, -0.1) is 0 Å². The van der Waals surface area contributed by atoms with Crippen molar-refractivity contribution >= 4 is 16.9 Å². The minimum absolute atomic E-state index is 1.01. The molecule has 1 fully saturated rings. The van der Waals surface area contributed by atoms with E-state index in [4.69, 9.17) is 0 Å². The number of nitrogens with one attached hydrogen (secondary N) is 1. The summed E-state index contributed by atoms with van der Waals surface area (Å²) < 4.78 is 0. The summed E-state index contributed by atoms with van der Waals surface area (Å²) in [6.07, 6.45) is 6.21. The third-order valence-electron chi connectivity index (χ3n) is 3.93. The standard InChI is InChI=1S/C16H16N4/c1-2-6-12(7-3-1)13-10-17-15-14(13)18-11-19-16(15)20-8-4-5-9-20/h1-3,6-7,10-11,17H,4-5,8-9H2. The van der Waals surface area contributed by atoms with Crippen LogP contribution in [-0.4, -0.2) is 28.0 Å². The molecule has 3 heterocycles.